The van der Waals surface area contributed by atoms with Crippen LogP contribution in [0, 0.1) is 6.92 Å². The van der Waals surface area contributed by atoms with Crippen LogP contribution in [0.5, 0.6) is 0 Å². The van der Waals surface area contributed by atoms with Crippen LogP contribution < -0.4 is 10.6 Å². The second-order valence-electron chi connectivity index (χ2n) is 6.43. The maximum absolute atomic E-state index is 6.10. The Morgan fingerprint density at radius 2 is 1.74 bits per heavy atom. The Bertz CT molecular complexity index is 675. The van der Waals surface area contributed by atoms with Gasteiger partial charge in [0.25, 0.3) is 0 Å². The molecule has 2 aromatic rings. The van der Waals surface area contributed by atoms with E-state index in [2.05, 4.69) is 59.0 Å². The number of anilines is 2. The van der Waals surface area contributed by atoms with Gasteiger partial charge in [-0.3, -0.25) is 4.90 Å². The van der Waals surface area contributed by atoms with Crippen LogP contribution in [0.25, 0.3) is 11.3 Å². The Labute approximate surface area is 138 Å². The molecule has 1 aliphatic rings. The van der Waals surface area contributed by atoms with E-state index in [1.54, 1.807) is 0 Å². The Balaban J connectivity index is 1.86. The summed E-state index contributed by atoms with van der Waals surface area (Å²) in [5.74, 6) is 0.514. The van der Waals surface area contributed by atoms with Crippen molar-refractivity contribution in [3.05, 3.63) is 35.9 Å². The van der Waals surface area contributed by atoms with Crippen molar-refractivity contribution < 1.29 is 0 Å². The molecule has 1 aromatic carbocycles. The van der Waals surface area contributed by atoms with Crippen LogP contribution >= 0.6 is 0 Å². The fourth-order valence-corrected chi connectivity index (χ4v) is 3.12. The van der Waals surface area contributed by atoms with E-state index in [1.165, 1.54) is 5.56 Å². The van der Waals surface area contributed by atoms with Gasteiger partial charge in [0.05, 0.1) is 11.4 Å². The number of nitrogens with two attached hydrogens (primary N) is 1. The maximum Gasteiger partial charge on any atom is 0.169 e. The van der Waals surface area contributed by atoms with Crippen LogP contribution in [0.1, 0.15) is 19.4 Å². The molecule has 3 rings (SSSR count). The summed E-state index contributed by atoms with van der Waals surface area (Å²) in [7, 11) is 0. The standard InChI is InChI=1S/C18H25N5/c1-13(2)22-8-10-23(11-9-22)17-12-16(20-21-18(17)19)15-7-5-4-6-14(15)3/h4-7,12-13H,8-11H2,1-3H3,(H2,19,21). The maximum atomic E-state index is 6.10. The van der Waals surface area contributed by atoms with E-state index in [1.807, 2.05) is 12.1 Å². The van der Waals surface area contributed by atoms with E-state index in [0.717, 1.165) is 43.1 Å². The molecule has 0 amide bonds. The Kier molecular flexibility index (Phi) is 4.48. The first-order valence-electron chi connectivity index (χ1n) is 8.24. The lowest BCUT2D eigenvalue weighted by molar-refractivity contribution is 0.209. The highest BCUT2D eigenvalue weighted by atomic mass is 15.3. The first-order valence-corrected chi connectivity index (χ1v) is 8.24. The van der Waals surface area contributed by atoms with Crippen molar-refractivity contribution in [2.45, 2.75) is 26.8 Å². The van der Waals surface area contributed by atoms with Gasteiger partial charge in [-0.1, -0.05) is 24.3 Å². The normalized spacial score (nSPS) is 16.1. The Morgan fingerprint density at radius 1 is 1.04 bits per heavy atom. The molecule has 1 saturated heterocycles. The second-order valence-corrected chi connectivity index (χ2v) is 6.43. The van der Waals surface area contributed by atoms with Crippen molar-refractivity contribution in [3.63, 3.8) is 0 Å². The molecule has 23 heavy (non-hydrogen) atoms. The average Bonchev–Trinajstić information content (AvgIpc) is 2.56. The Morgan fingerprint density at radius 3 is 2.39 bits per heavy atom. The first kappa shape index (κ1) is 15.7. The van der Waals surface area contributed by atoms with Crippen LogP contribution in [0.15, 0.2) is 30.3 Å². The number of aromatic nitrogens is 2. The highest BCUT2D eigenvalue weighted by molar-refractivity contribution is 5.72. The zero-order valence-corrected chi connectivity index (χ0v) is 14.2. The lowest BCUT2D eigenvalue weighted by Crippen LogP contribution is -2.49. The monoisotopic (exact) mass is 311 g/mol. The molecule has 122 valence electrons. The molecule has 0 radical (unpaired) electrons. The van der Waals surface area contributed by atoms with Crippen molar-refractivity contribution in [1.82, 2.24) is 15.1 Å². The predicted octanol–water partition coefficient (Wildman–Crippen LogP) is 2.56. The smallest absolute Gasteiger partial charge is 0.169 e. The van der Waals surface area contributed by atoms with Gasteiger partial charge in [-0.05, 0) is 32.4 Å². The van der Waals surface area contributed by atoms with E-state index in [4.69, 9.17) is 5.73 Å². The van der Waals surface area contributed by atoms with Crippen LogP contribution in [0.3, 0.4) is 0 Å². The van der Waals surface area contributed by atoms with Gasteiger partial charge in [-0.2, -0.15) is 0 Å². The first-order chi connectivity index (χ1) is 11.1. The highest BCUT2D eigenvalue weighted by Crippen LogP contribution is 2.28. The fourth-order valence-electron chi connectivity index (χ4n) is 3.12. The number of nitrogen functional groups attached to an aromatic ring is 1. The van der Waals surface area contributed by atoms with Crippen LogP contribution in [-0.2, 0) is 0 Å². The van der Waals surface area contributed by atoms with Crippen LogP contribution in [-0.4, -0.2) is 47.3 Å². The number of nitrogens with zero attached hydrogens (tertiary/aromatic N) is 4. The molecule has 2 N–H and O–H groups in total. The molecule has 1 aromatic heterocycles. The number of hydrogen-bond acceptors (Lipinski definition) is 5. The van der Waals surface area contributed by atoms with E-state index in [-0.39, 0.29) is 0 Å². The summed E-state index contributed by atoms with van der Waals surface area (Å²) in [6, 6.07) is 10.9. The van der Waals surface area contributed by atoms with Gasteiger partial charge in [0.15, 0.2) is 5.82 Å². The quantitative estimate of drug-likeness (QED) is 0.944. The third-order valence-corrected chi connectivity index (χ3v) is 4.61. The molecule has 5 heteroatoms. The van der Waals surface area contributed by atoms with Crippen LogP contribution in [0.4, 0.5) is 11.5 Å². The third kappa shape index (κ3) is 3.29. The van der Waals surface area contributed by atoms with E-state index >= 15 is 0 Å². The van der Waals surface area contributed by atoms with Crippen LogP contribution in [0.2, 0.25) is 0 Å². The summed E-state index contributed by atoms with van der Waals surface area (Å²) in [5, 5.41) is 8.49. The van der Waals surface area contributed by atoms with Gasteiger partial charge in [-0.15, -0.1) is 10.2 Å². The Hall–Kier alpha value is -2.14. The molecular formula is C18H25N5. The summed E-state index contributed by atoms with van der Waals surface area (Å²) in [4.78, 5) is 4.81. The number of benzene rings is 1. The van der Waals surface area contributed by atoms with Gasteiger partial charge in [0, 0.05) is 37.8 Å². The van der Waals surface area contributed by atoms with Gasteiger partial charge in [-0.25, -0.2) is 0 Å². The topological polar surface area (TPSA) is 58.3 Å². The number of aryl methyl sites for hydroxylation is 1. The molecule has 0 spiro atoms. The SMILES string of the molecule is Cc1ccccc1-c1cc(N2CCN(C(C)C)CC2)c(N)nn1. The zero-order chi connectivity index (χ0) is 16.4. The van der Waals surface area contributed by atoms with E-state index < -0.39 is 0 Å². The summed E-state index contributed by atoms with van der Waals surface area (Å²) in [6.45, 7) is 10.6. The molecule has 0 saturated carbocycles. The van der Waals surface area contributed by atoms with Crippen molar-refractivity contribution in [3.8, 4) is 11.3 Å². The molecule has 1 aliphatic heterocycles. The average molecular weight is 311 g/mol. The summed E-state index contributed by atoms with van der Waals surface area (Å²) in [5.41, 5.74) is 10.3. The van der Waals surface area contributed by atoms with Crippen molar-refractivity contribution in [2.24, 2.45) is 0 Å². The largest absolute Gasteiger partial charge is 0.380 e. The van der Waals surface area contributed by atoms with Gasteiger partial charge >= 0.3 is 0 Å². The van der Waals surface area contributed by atoms with Gasteiger partial charge < -0.3 is 10.6 Å². The second kappa shape index (κ2) is 6.54. The lowest BCUT2D eigenvalue weighted by Gasteiger charge is -2.38. The van der Waals surface area contributed by atoms with Crippen molar-refractivity contribution >= 4 is 11.5 Å². The van der Waals surface area contributed by atoms with Crippen molar-refractivity contribution in [1.29, 1.82) is 0 Å². The highest BCUT2D eigenvalue weighted by Gasteiger charge is 2.21. The molecule has 1 fully saturated rings. The molecule has 5 nitrogen and oxygen atoms in total. The minimum Gasteiger partial charge on any atom is -0.380 e. The lowest BCUT2D eigenvalue weighted by atomic mass is 10.1. The molecule has 0 atom stereocenters. The fraction of sp³-hybridized carbons (Fsp3) is 0.444. The van der Waals surface area contributed by atoms with Crippen molar-refractivity contribution in [2.75, 3.05) is 36.8 Å². The minimum atomic E-state index is 0.514. The zero-order valence-electron chi connectivity index (χ0n) is 14.2. The van der Waals surface area contributed by atoms with Gasteiger partial charge in [0.1, 0.15) is 0 Å². The molecule has 0 unspecified atom stereocenters. The number of piperazine rings is 1. The van der Waals surface area contributed by atoms with Gasteiger partial charge in [0.2, 0.25) is 0 Å². The minimum absolute atomic E-state index is 0.514. The molecular weight excluding hydrogens is 286 g/mol. The molecule has 2 heterocycles. The summed E-state index contributed by atoms with van der Waals surface area (Å²) >= 11 is 0. The van der Waals surface area contributed by atoms with E-state index in [0.29, 0.717) is 11.9 Å². The molecule has 0 bridgehead atoms. The van der Waals surface area contributed by atoms with E-state index in [9.17, 15) is 0 Å². The number of hydrogen-bond donors (Lipinski definition) is 1. The molecule has 0 aliphatic carbocycles. The third-order valence-electron chi connectivity index (χ3n) is 4.61. The summed E-state index contributed by atoms with van der Waals surface area (Å²) in [6.07, 6.45) is 0. The number of rotatable bonds is 3. The summed E-state index contributed by atoms with van der Waals surface area (Å²) < 4.78 is 0. The predicted molar refractivity (Wildman–Crippen MR) is 95.5 cm³/mol.